The van der Waals surface area contributed by atoms with E-state index in [1.165, 1.54) is 0 Å². The first-order valence-electron chi connectivity index (χ1n) is 5.98. The zero-order chi connectivity index (χ0) is 12.4. The highest BCUT2D eigenvalue weighted by atomic mass is 35.5. The third-order valence-corrected chi connectivity index (χ3v) is 4.10. The lowest BCUT2D eigenvalue weighted by Gasteiger charge is -2.35. The Morgan fingerprint density at radius 1 is 1.41 bits per heavy atom. The van der Waals surface area contributed by atoms with Crippen LogP contribution >= 0.6 is 23.2 Å². The molecule has 2 N–H and O–H groups in total. The number of benzene rings is 1. The molecule has 0 amide bonds. The zero-order valence-electron chi connectivity index (χ0n) is 10.00. The fourth-order valence-corrected chi connectivity index (χ4v) is 2.67. The van der Waals surface area contributed by atoms with E-state index < -0.39 is 0 Å². The summed E-state index contributed by atoms with van der Waals surface area (Å²) in [6.07, 6.45) is 1.16. The molecule has 1 aliphatic heterocycles. The molecule has 4 heteroatoms. The van der Waals surface area contributed by atoms with Crippen LogP contribution in [-0.4, -0.2) is 24.0 Å². The number of halogens is 2. The highest BCUT2D eigenvalue weighted by Crippen LogP contribution is 2.24. The van der Waals surface area contributed by atoms with Crippen LogP contribution in [-0.2, 0) is 6.54 Å². The van der Waals surface area contributed by atoms with Gasteiger partial charge in [-0.25, -0.2) is 0 Å². The van der Waals surface area contributed by atoms with Gasteiger partial charge in [-0.1, -0.05) is 36.2 Å². The van der Waals surface area contributed by atoms with Gasteiger partial charge in [-0.3, -0.25) is 4.90 Å². The summed E-state index contributed by atoms with van der Waals surface area (Å²) in [6.45, 7) is 5.11. The average molecular weight is 273 g/mol. The van der Waals surface area contributed by atoms with Crippen LogP contribution in [0, 0.1) is 5.92 Å². The fourth-order valence-electron chi connectivity index (χ4n) is 2.20. The van der Waals surface area contributed by atoms with E-state index in [2.05, 4.69) is 11.8 Å². The normalized spacial score (nSPS) is 26.1. The molecule has 0 aromatic heterocycles. The van der Waals surface area contributed by atoms with Gasteiger partial charge in [0.2, 0.25) is 0 Å². The molecule has 94 valence electrons. The second-order valence-corrected chi connectivity index (χ2v) is 5.74. The van der Waals surface area contributed by atoms with Crippen molar-refractivity contribution >= 4 is 23.2 Å². The van der Waals surface area contributed by atoms with E-state index in [0.717, 1.165) is 36.6 Å². The molecule has 2 nitrogen and oxygen atoms in total. The summed E-state index contributed by atoms with van der Waals surface area (Å²) in [6, 6.07) is 5.95. The van der Waals surface area contributed by atoms with Crippen molar-refractivity contribution in [2.45, 2.75) is 25.9 Å². The van der Waals surface area contributed by atoms with Crippen LogP contribution in [0.4, 0.5) is 0 Å². The van der Waals surface area contributed by atoms with Gasteiger partial charge < -0.3 is 5.73 Å². The first-order chi connectivity index (χ1) is 8.06. The summed E-state index contributed by atoms with van der Waals surface area (Å²) < 4.78 is 0. The second-order valence-electron chi connectivity index (χ2n) is 4.90. The van der Waals surface area contributed by atoms with E-state index in [4.69, 9.17) is 28.9 Å². The molecule has 1 aromatic rings. The second kappa shape index (κ2) is 5.57. The quantitative estimate of drug-likeness (QED) is 0.896. The van der Waals surface area contributed by atoms with Crippen LogP contribution in [0.5, 0.6) is 0 Å². The highest BCUT2D eigenvalue weighted by molar-refractivity contribution is 6.35. The lowest BCUT2D eigenvalue weighted by Crippen LogP contribution is -2.47. The lowest BCUT2D eigenvalue weighted by molar-refractivity contribution is 0.162. The predicted octanol–water partition coefficient (Wildman–Crippen LogP) is 3.16. The van der Waals surface area contributed by atoms with Crippen molar-refractivity contribution in [3.05, 3.63) is 33.8 Å². The number of hydrogen-bond donors (Lipinski definition) is 1. The fraction of sp³-hybridized carbons (Fsp3) is 0.538. The monoisotopic (exact) mass is 272 g/mol. The summed E-state index contributed by atoms with van der Waals surface area (Å²) in [5.41, 5.74) is 7.21. The lowest BCUT2D eigenvalue weighted by atomic mass is 9.94. The summed E-state index contributed by atoms with van der Waals surface area (Å²) in [5.74, 6) is 0.618. The Bertz CT molecular complexity index is 395. The maximum absolute atomic E-state index is 6.17. The van der Waals surface area contributed by atoms with Gasteiger partial charge >= 0.3 is 0 Å². The Morgan fingerprint density at radius 2 is 2.18 bits per heavy atom. The number of hydrogen-bond acceptors (Lipinski definition) is 2. The average Bonchev–Trinajstić information content (AvgIpc) is 2.27. The molecule has 0 spiro atoms. The standard InChI is InChI=1S/C13H18Cl2N2/c1-9-4-5-17(8-13(9)16)7-10-2-3-11(14)6-12(10)15/h2-3,6,9,13H,4-5,7-8,16H2,1H3. The minimum Gasteiger partial charge on any atom is -0.326 e. The molecule has 0 aliphatic carbocycles. The van der Waals surface area contributed by atoms with Crippen LogP contribution in [0.1, 0.15) is 18.9 Å². The first kappa shape index (κ1) is 13.2. The molecule has 2 atom stereocenters. The number of rotatable bonds is 2. The van der Waals surface area contributed by atoms with Crippen molar-refractivity contribution in [1.29, 1.82) is 0 Å². The molecule has 1 heterocycles. The van der Waals surface area contributed by atoms with Crippen LogP contribution in [0.2, 0.25) is 10.0 Å². The van der Waals surface area contributed by atoms with Crippen LogP contribution < -0.4 is 5.73 Å². The van der Waals surface area contributed by atoms with E-state index in [1.807, 2.05) is 12.1 Å². The maximum atomic E-state index is 6.17. The van der Waals surface area contributed by atoms with Gasteiger partial charge in [0.05, 0.1) is 0 Å². The first-order valence-corrected chi connectivity index (χ1v) is 6.73. The van der Waals surface area contributed by atoms with Crippen molar-refractivity contribution in [2.75, 3.05) is 13.1 Å². The molecular formula is C13H18Cl2N2. The summed E-state index contributed by atoms with van der Waals surface area (Å²) >= 11 is 12.1. The molecule has 1 aliphatic rings. The van der Waals surface area contributed by atoms with E-state index in [-0.39, 0.29) is 6.04 Å². The van der Waals surface area contributed by atoms with E-state index >= 15 is 0 Å². The number of piperidine rings is 1. The van der Waals surface area contributed by atoms with E-state index in [0.29, 0.717) is 10.9 Å². The van der Waals surface area contributed by atoms with Crippen molar-refractivity contribution in [3.63, 3.8) is 0 Å². The minimum atomic E-state index is 0.273. The van der Waals surface area contributed by atoms with E-state index in [9.17, 15) is 0 Å². The number of nitrogens with two attached hydrogens (primary N) is 1. The van der Waals surface area contributed by atoms with Gasteiger partial charge in [0.15, 0.2) is 0 Å². The molecule has 0 saturated carbocycles. The van der Waals surface area contributed by atoms with E-state index in [1.54, 1.807) is 6.07 Å². The van der Waals surface area contributed by atoms with Gasteiger partial charge in [-0.05, 0) is 36.6 Å². The van der Waals surface area contributed by atoms with Gasteiger partial charge in [0, 0.05) is 29.2 Å². The summed E-state index contributed by atoms with van der Waals surface area (Å²) in [7, 11) is 0. The Balaban J connectivity index is 2.01. The van der Waals surface area contributed by atoms with Gasteiger partial charge in [0.1, 0.15) is 0 Å². The molecule has 1 saturated heterocycles. The summed E-state index contributed by atoms with van der Waals surface area (Å²) in [5, 5.41) is 1.42. The molecule has 2 unspecified atom stereocenters. The molecule has 17 heavy (non-hydrogen) atoms. The van der Waals surface area contributed by atoms with Crippen molar-refractivity contribution in [2.24, 2.45) is 11.7 Å². The Hall–Kier alpha value is -0.280. The Morgan fingerprint density at radius 3 is 2.82 bits per heavy atom. The van der Waals surface area contributed by atoms with Crippen LogP contribution in [0.25, 0.3) is 0 Å². The maximum Gasteiger partial charge on any atom is 0.0465 e. The summed E-state index contributed by atoms with van der Waals surface area (Å²) in [4.78, 5) is 2.36. The van der Waals surface area contributed by atoms with Gasteiger partial charge in [-0.15, -0.1) is 0 Å². The van der Waals surface area contributed by atoms with Crippen molar-refractivity contribution < 1.29 is 0 Å². The van der Waals surface area contributed by atoms with Gasteiger partial charge in [-0.2, -0.15) is 0 Å². The largest absolute Gasteiger partial charge is 0.326 e. The molecule has 1 fully saturated rings. The van der Waals surface area contributed by atoms with Crippen molar-refractivity contribution in [1.82, 2.24) is 4.90 Å². The number of nitrogens with zero attached hydrogens (tertiary/aromatic N) is 1. The van der Waals surface area contributed by atoms with Gasteiger partial charge in [0.25, 0.3) is 0 Å². The van der Waals surface area contributed by atoms with Crippen molar-refractivity contribution in [3.8, 4) is 0 Å². The molecule has 0 radical (unpaired) electrons. The molecule has 1 aromatic carbocycles. The molecule has 0 bridgehead atoms. The Kier molecular flexibility index (Phi) is 4.31. The van der Waals surface area contributed by atoms with Crippen LogP contribution in [0.3, 0.4) is 0 Å². The number of likely N-dealkylation sites (tertiary alicyclic amines) is 1. The minimum absolute atomic E-state index is 0.273. The smallest absolute Gasteiger partial charge is 0.0465 e. The van der Waals surface area contributed by atoms with Crippen LogP contribution in [0.15, 0.2) is 18.2 Å². The zero-order valence-corrected chi connectivity index (χ0v) is 11.5. The third-order valence-electron chi connectivity index (χ3n) is 3.51. The molecular weight excluding hydrogens is 255 g/mol. The SMILES string of the molecule is CC1CCN(Cc2ccc(Cl)cc2Cl)CC1N. The third kappa shape index (κ3) is 3.35. The highest BCUT2D eigenvalue weighted by Gasteiger charge is 2.23. The topological polar surface area (TPSA) is 29.3 Å². The molecule has 2 rings (SSSR count). The predicted molar refractivity (Wildman–Crippen MR) is 73.5 cm³/mol. The Labute approximate surface area is 113 Å².